The van der Waals surface area contributed by atoms with Crippen molar-refractivity contribution in [3.63, 3.8) is 0 Å². The van der Waals surface area contributed by atoms with E-state index in [1.807, 2.05) is 13.8 Å². The van der Waals surface area contributed by atoms with Gasteiger partial charge < -0.3 is 23.5 Å². The molecule has 0 aliphatic carbocycles. The van der Waals surface area contributed by atoms with Crippen LogP contribution in [0.2, 0.25) is 0 Å². The van der Waals surface area contributed by atoms with E-state index < -0.39 is 12.1 Å². The Morgan fingerprint density at radius 1 is 1.22 bits per heavy atom. The van der Waals surface area contributed by atoms with Crippen LogP contribution in [0.15, 0.2) is 18.2 Å². The second-order valence-corrected chi connectivity index (χ2v) is 6.31. The van der Waals surface area contributed by atoms with Crippen molar-refractivity contribution in [2.24, 2.45) is 0 Å². The fourth-order valence-corrected chi connectivity index (χ4v) is 3.42. The number of fused-ring (bicyclic) bond motifs is 1. The lowest BCUT2D eigenvalue weighted by atomic mass is 10.0. The number of esters is 1. The van der Waals surface area contributed by atoms with Crippen LogP contribution in [0.5, 0.6) is 17.2 Å². The number of methoxy groups -OCH3 is 1. The fraction of sp³-hybridized carbons (Fsp3) is 0.400. The summed E-state index contributed by atoms with van der Waals surface area (Å²) in [5.41, 5.74) is 2.22. The zero-order chi connectivity index (χ0) is 19.7. The van der Waals surface area contributed by atoms with Gasteiger partial charge in [0.1, 0.15) is 11.4 Å². The minimum Gasteiger partial charge on any atom is -0.482 e. The first-order valence-electron chi connectivity index (χ1n) is 8.77. The maximum atomic E-state index is 13.1. The molecule has 1 atom stereocenters. The number of aromatic nitrogens is 1. The van der Waals surface area contributed by atoms with Crippen molar-refractivity contribution in [1.82, 2.24) is 4.57 Å². The van der Waals surface area contributed by atoms with Crippen molar-refractivity contribution < 1.29 is 28.5 Å². The zero-order valence-corrected chi connectivity index (χ0v) is 16.1. The Bertz CT molecular complexity index is 898. The molecule has 0 spiro atoms. The molecule has 2 aromatic rings. The highest BCUT2D eigenvalue weighted by Gasteiger charge is 2.29. The van der Waals surface area contributed by atoms with Gasteiger partial charge in [0.2, 0.25) is 12.6 Å². The SMILES string of the molecule is CCn1c(C)c(C(=O)C(C)Oc2ccc3c(c2)OCO3)c(C)c1C(=O)OC. The van der Waals surface area contributed by atoms with Crippen LogP contribution in [0.4, 0.5) is 0 Å². The zero-order valence-electron chi connectivity index (χ0n) is 16.1. The first kappa shape index (κ1) is 18.8. The lowest BCUT2D eigenvalue weighted by molar-refractivity contribution is 0.0587. The highest BCUT2D eigenvalue weighted by Crippen LogP contribution is 2.35. The van der Waals surface area contributed by atoms with Crippen molar-refractivity contribution in [2.75, 3.05) is 13.9 Å². The molecule has 0 N–H and O–H groups in total. The van der Waals surface area contributed by atoms with Gasteiger partial charge in [-0.3, -0.25) is 4.79 Å². The van der Waals surface area contributed by atoms with Gasteiger partial charge in [0.15, 0.2) is 17.6 Å². The van der Waals surface area contributed by atoms with E-state index in [4.69, 9.17) is 18.9 Å². The van der Waals surface area contributed by atoms with Gasteiger partial charge >= 0.3 is 5.97 Å². The monoisotopic (exact) mass is 373 g/mol. The molecule has 7 nitrogen and oxygen atoms in total. The van der Waals surface area contributed by atoms with Gasteiger partial charge in [-0.05, 0) is 45.4 Å². The van der Waals surface area contributed by atoms with Crippen LogP contribution in [0.25, 0.3) is 0 Å². The highest BCUT2D eigenvalue weighted by molar-refractivity contribution is 6.05. The number of nitrogens with zero attached hydrogens (tertiary/aromatic N) is 1. The molecule has 0 saturated heterocycles. The van der Waals surface area contributed by atoms with Crippen LogP contribution in [-0.4, -0.2) is 36.3 Å². The third kappa shape index (κ3) is 3.25. The largest absolute Gasteiger partial charge is 0.482 e. The average molecular weight is 373 g/mol. The molecule has 0 bridgehead atoms. The molecule has 1 aromatic carbocycles. The van der Waals surface area contributed by atoms with E-state index in [9.17, 15) is 9.59 Å². The lowest BCUT2D eigenvalue weighted by Gasteiger charge is -2.15. The van der Waals surface area contributed by atoms with Crippen LogP contribution in [-0.2, 0) is 11.3 Å². The van der Waals surface area contributed by atoms with Gasteiger partial charge in [-0.25, -0.2) is 4.79 Å². The first-order chi connectivity index (χ1) is 12.9. The summed E-state index contributed by atoms with van der Waals surface area (Å²) in [6.45, 7) is 7.91. The third-order valence-electron chi connectivity index (χ3n) is 4.73. The van der Waals surface area contributed by atoms with E-state index in [0.29, 0.717) is 40.6 Å². The fourth-order valence-electron chi connectivity index (χ4n) is 3.42. The number of ether oxygens (including phenoxy) is 4. The summed E-state index contributed by atoms with van der Waals surface area (Å²) in [5, 5.41) is 0. The Morgan fingerprint density at radius 3 is 2.59 bits per heavy atom. The second kappa shape index (κ2) is 7.34. The molecule has 1 aliphatic rings. The quantitative estimate of drug-likeness (QED) is 0.571. The van der Waals surface area contributed by atoms with Crippen molar-refractivity contribution in [3.8, 4) is 17.2 Å². The van der Waals surface area contributed by atoms with Crippen LogP contribution >= 0.6 is 0 Å². The maximum absolute atomic E-state index is 13.1. The second-order valence-electron chi connectivity index (χ2n) is 6.31. The van der Waals surface area contributed by atoms with E-state index in [1.54, 1.807) is 36.6 Å². The molecule has 1 aliphatic heterocycles. The van der Waals surface area contributed by atoms with E-state index in [2.05, 4.69) is 0 Å². The number of carbonyl (C=O) groups excluding carboxylic acids is 2. The molecule has 7 heteroatoms. The van der Waals surface area contributed by atoms with Crippen molar-refractivity contribution in [2.45, 2.75) is 40.3 Å². The Morgan fingerprint density at radius 2 is 1.93 bits per heavy atom. The Hall–Kier alpha value is -2.96. The molecule has 0 fully saturated rings. The molecular formula is C20H23NO6. The number of Topliss-reactive ketones (excluding diaryl/α,β-unsaturated/α-hetero) is 1. The third-order valence-corrected chi connectivity index (χ3v) is 4.73. The van der Waals surface area contributed by atoms with Crippen molar-refractivity contribution >= 4 is 11.8 Å². The molecule has 1 unspecified atom stereocenters. The normalized spacial score (nSPS) is 13.4. The summed E-state index contributed by atoms with van der Waals surface area (Å²) in [6.07, 6.45) is -0.735. The molecular weight excluding hydrogens is 350 g/mol. The molecule has 0 radical (unpaired) electrons. The van der Waals surface area contributed by atoms with Crippen LogP contribution in [0, 0.1) is 13.8 Å². The molecule has 3 rings (SSSR count). The van der Waals surface area contributed by atoms with Gasteiger partial charge in [0.25, 0.3) is 0 Å². The topological polar surface area (TPSA) is 76.0 Å². The van der Waals surface area contributed by atoms with Crippen LogP contribution in [0.3, 0.4) is 0 Å². The minimum absolute atomic E-state index is 0.173. The number of carbonyl (C=O) groups is 2. The van der Waals surface area contributed by atoms with Gasteiger partial charge in [0, 0.05) is 23.9 Å². The van der Waals surface area contributed by atoms with Gasteiger partial charge in [-0.15, -0.1) is 0 Å². The van der Waals surface area contributed by atoms with E-state index in [-0.39, 0.29) is 12.6 Å². The number of ketones is 1. The standard InChI is InChI=1S/C20H23NO6/c1-6-21-12(3)17(11(2)18(21)20(23)24-5)19(22)13(4)27-14-7-8-15-16(9-14)26-10-25-15/h7-9,13H,6,10H2,1-5H3. The summed E-state index contributed by atoms with van der Waals surface area (Å²) < 4.78 is 23.1. The van der Waals surface area contributed by atoms with E-state index in [1.165, 1.54) is 7.11 Å². The first-order valence-corrected chi connectivity index (χ1v) is 8.77. The van der Waals surface area contributed by atoms with Gasteiger partial charge in [0.05, 0.1) is 7.11 Å². The molecule has 2 heterocycles. The minimum atomic E-state index is -0.735. The van der Waals surface area contributed by atoms with Crippen molar-refractivity contribution in [3.05, 3.63) is 40.7 Å². The van der Waals surface area contributed by atoms with Gasteiger partial charge in [-0.2, -0.15) is 0 Å². The smallest absolute Gasteiger partial charge is 0.354 e. The van der Waals surface area contributed by atoms with E-state index >= 15 is 0 Å². The summed E-state index contributed by atoms with van der Waals surface area (Å²) in [7, 11) is 1.33. The summed E-state index contributed by atoms with van der Waals surface area (Å²) in [4.78, 5) is 25.2. The Kier molecular flexibility index (Phi) is 5.12. The van der Waals surface area contributed by atoms with Crippen LogP contribution < -0.4 is 14.2 Å². The molecule has 1 aromatic heterocycles. The van der Waals surface area contributed by atoms with Crippen molar-refractivity contribution in [1.29, 1.82) is 0 Å². The molecule has 144 valence electrons. The summed E-state index contributed by atoms with van der Waals surface area (Å²) in [5.74, 6) is 1.10. The maximum Gasteiger partial charge on any atom is 0.354 e. The lowest BCUT2D eigenvalue weighted by Crippen LogP contribution is -2.25. The number of hydrogen-bond donors (Lipinski definition) is 0. The summed E-state index contributed by atoms with van der Waals surface area (Å²) >= 11 is 0. The predicted octanol–water partition coefficient (Wildman–Crippen LogP) is 3.29. The van der Waals surface area contributed by atoms with Crippen LogP contribution in [0.1, 0.15) is 46.0 Å². The number of benzene rings is 1. The van der Waals surface area contributed by atoms with E-state index in [0.717, 1.165) is 5.69 Å². The Balaban J connectivity index is 1.89. The predicted molar refractivity (Wildman–Crippen MR) is 97.9 cm³/mol. The molecule has 27 heavy (non-hydrogen) atoms. The number of rotatable bonds is 6. The molecule has 0 amide bonds. The summed E-state index contributed by atoms with van der Waals surface area (Å²) in [6, 6.07) is 5.17. The Labute approximate surface area is 157 Å². The number of hydrogen-bond acceptors (Lipinski definition) is 6. The van der Waals surface area contributed by atoms with Gasteiger partial charge in [-0.1, -0.05) is 0 Å². The molecule has 0 saturated carbocycles. The highest BCUT2D eigenvalue weighted by atomic mass is 16.7. The average Bonchev–Trinajstić information content (AvgIpc) is 3.21.